The Morgan fingerprint density at radius 3 is 2.78 bits per heavy atom. The highest BCUT2D eigenvalue weighted by molar-refractivity contribution is 7.89. The molecule has 0 unspecified atom stereocenters. The van der Waals surface area contributed by atoms with Crippen LogP contribution in [0.5, 0.6) is 0 Å². The van der Waals surface area contributed by atoms with Gasteiger partial charge in [-0.05, 0) is 30.7 Å². The normalized spacial score (nSPS) is 17.6. The van der Waals surface area contributed by atoms with Crippen LogP contribution in [0.25, 0.3) is 11.5 Å². The van der Waals surface area contributed by atoms with Gasteiger partial charge in [-0.1, -0.05) is 13.3 Å². The first kappa shape index (κ1) is 16.6. The summed E-state index contributed by atoms with van der Waals surface area (Å²) < 4.78 is 31.8. The summed E-state index contributed by atoms with van der Waals surface area (Å²) in [5.74, 6) is 1.56. The van der Waals surface area contributed by atoms with E-state index in [1.54, 1.807) is 15.6 Å². The van der Waals surface area contributed by atoms with E-state index in [1.807, 2.05) is 23.8 Å². The molecule has 2 aromatic heterocycles. The third kappa shape index (κ3) is 3.81. The molecule has 0 atom stereocenters. The maximum atomic E-state index is 12.2. The van der Waals surface area contributed by atoms with Crippen LogP contribution in [0.15, 0.2) is 21.2 Å². The summed E-state index contributed by atoms with van der Waals surface area (Å²) in [5.41, 5.74) is 0.938. The zero-order chi connectivity index (χ0) is 16.3. The van der Waals surface area contributed by atoms with Crippen LogP contribution in [0.3, 0.4) is 0 Å². The molecular weight excluding hydrogens is 334 g/mol. The zero-order valence-electron chi connectivity index (χ0n) is 13.1. The van der Waals surface area contributed by atoms with Crippen LogP contribution in [0.4, 0.5) is 0 Å². The quantitative estimate of drug-likeness (QED) is 0.796. The van der Waals surface area contributed by atoms with Gasteiger partial charge in [0, 0.05) is 30.0 Å². The first-order valence-electron chi connectivity index (χ1n) is 7.94. The van der Waals surface area contributed by atoms with Gasteiger partial charge in [-0.25, -0.2) is 12.7 Å². The average molecular weight is 355 g/mol. The van der Waals surface area contributed by atoms with Gasteiger partial charge in [-0.15, -0.1) is 10.2 Å². The van der Waals surface area contributed by atoms with Crippen molar-refractivity contribution in [3.8, 4) is 11.5 Å². The fourth-order valence-corrected chi connectivity index (χ4v) is 5.05. The summed E-state index contributed by atoms with van der Waals surface area (Å²) in [6, 6.07) is 1.95. The molecule has 0 amide bonds. The van der Waals surface area contributed by atoms with Gasteiger partial charge in [-0.3, -0.25) is 0 Å². The minimum atomic E-state index is -3.11. The van der Waals surface area contributed by atoms with Gasteiger partial charge in [0.1, 0.15) is 0 Å². The number of nitrogens with zero attached hydrogens (tertiary/aromatic N) is 3. The second-order valence-electron chi connectivity index (χ2n) is 5.80. The highest BCUT2D eigenvalue weighted by Gasteiger charge is 2.30. The first-order chi connectivity index (χ1) is 11.1. The Bertz CT molecular complexity index is 717. The standard InChI is InChI=1S/C15H21N3O3S2/c1-2-3-10-23(19,20)18-7-4-12(5-8-18)14-16-17-15(21-14)13-6-9-22-11-13/h6,9,11-12H,2-5,7-8,10H2,1H3. The summed E-state index contributed by atoms with van der Waals surface area (Å²) in [6.45, 7) is 3.07. The molecule has 0 saturated carbocycles. The van der Waals surface area contributed by atoms with Crippen molar-refractivity contribution in [1.29, 1.82) is 0 Å². The lowest BCUT2D eigenvalue weighted by Crippen LogP contribution is -2.39. The SMILES string of the molecule is CCCCS(=O)(=O)N1CCC(c2nnc(-c3ccsc3)o2)CC1. The maximum absolute atomic E-state index is 12.2. The largest absolute Gasteiger partial charge is 0.420 e. The van der Waals surface area contributed by atoms with Gasteiger partial charge in [0.05, 0.1) is 5.75 Å². The smallest absolute Gasteiger partial charge is 0.248 e. The molecule has 3 heterocycles. The Balaban J connectivity index is 1.61. The van der Waals surface area contributed by atoms with Gasteiger partial charge in [0.25, 0.3) is 0 Å². The number of hydrogen-bond acceptors (Lipinski definition) is 6. The number of thiophene rings is 1. The van der Waals surface area contributed by atoms with Gasteiger partial charge in [-0.2, -0.15) is 11.3 Å². The number of rotatable bonds is 6. The Hall–Kier alpha value is -1.25. The topological polar surface area (TPSA) is 76.3 Å². The van der Waals surface area contributed by atoms with Crippen LogP contribution >= 0.6 is 11.3 Å². The van der Waals surface area contributed by atoms with Crippen molar-refractivity contribution in [2.24, 2.45) is 0 Å². The van der Waals surface area contributed by atoms with Crippen molar-refractivity contribution in [2.75, 3.05) is 18.8 Å². The van der Waals surface area contributed by atoms with E-state index < -0.39 is 10.0 Å². The number of sulfonamides is 1. The summed E-state index contributed by atoms with van der Waals surface area (Å²) in [6.07, 6.45) is 3.08. The van der Waals surface area contributed by atoms with E-state index in [2.05, 4.69) is 10.2 Å². The maximum Gasteiger partial charge on any atom is 0.248 e. The fraction of sp³-hybridized carbons (Fsp3) is 0.600. The van der Waals surface area contributed by atoms with Crippen LogP contribution < -0.4 is 0 Å². The lowest BCUT2D eigenvalue weighted by molar-refractivity contribution is 0.291. The molecule has 6 nitrogen and oxygen atoms in total. The Kier molecular flexibility index (Phi) is 5.13. The third-order valence-electron chi connectivity index (χ3n) is 4.16. The Morgan fingerprint density at radius 1 is 1.35 bits per heavy atom. The molecule has 3 rings (SSSR count). The van der Waals surface area contributed by atoms with E-state index in [-0.39, 0.29) is 11.7 Å². The summed E-state index contributed by atoms with van der Waals surface area (Å²) in [4.78, 5) is 0. The number of aromatic nitrogens is 2. The molecule has 23 heavy (non-hydrogen) atoms. The van der Waals surface area contributed by atoms with Gasteiger partial charge in [0.2, 0.25) is 21.8 Å². The fourth-order valence-electron chi connectivity index (χ4n) is 2.74. The van der Waals surface area contributed by atoms with E-state index in [1.165, 1.54) is 0 Å². The minimum absolute atomic E-state index is 0.146. The molecule has 1 aliphatic heterocycles. The van der Waals surface area contributed by atoms with E-state index >= 15 is 0 Å². The minimum Gasteiger partial charge on any atom is -0.420 e. The third-order valence-corrected chi connectivity index (χ3v) is 6.80. The first-order valence-corrected chi connectivity index (χ1v) is 10.5. The van der Waals surface area contributed by atoms with Crippen molar-refractivity contribution >= 4 is 21.4 Å². The second-order valence-corrected chi connectivity index (χ2v) is 8.67. The molecule has 8 heteroatoms. The molecule has 1 saturated heterocycles. The van der Waals surface area contributed by atoms with Gasteiger partial charge < -0.3 is 4.42 Å². The predicted molar refractivity (Wildman–Crippen MR) is 89.9 cm³/mol. The monoisotopic (exact) mass is 355 g/mol. The van der Waals surface area contributed by atoms with Crippen molar-refractivity contribution in [3.63, 3.8) is 0 Å². The highest BCUT2D eigenvalue weighted by atomic mass is 32.2. The van der Waals surface area contributed by atoms with Crippen LogP contribution in [0, 0.1) is 0 Å². The van der Waals surface area contributed by atoms with Crippen LogP contribution in [0.1, 0.15) is 44.4 Å². The van der Waals surface area contributed by atoms with Crippen molar-refractivity contribution in [2.45, 2.75) is 38.5 Å². The molecule has 0 N–H and O–H groups in total. The van der Waals surface area contributed by atoms with Crippen molar-refractivity contribution in [3.05, 3.63) is 22.7 Å². The highest BCUT2D eigenvalue weighted by Crippen LogP contribution is 2.30. The van der Waals surface area contributed by atoms with E-state index in [4.69, 9.17) is 4.42 Å². The molecule has 1 aliphatic rings. The number of piperidine rings is 1. The molecule has 1 fully saturated rings. The molecule has 0 aliphatic carbocycles. The van der Waals surface area contributed by atoms with Crippen LogP contribution in [0.2, 0.25) is 0 Å². The number of hydrogen-bond donors (Lipinski definition) is 0. The summed E-state index contributed by atoms with van der Waals surface area (Å²) in [5, 5.41) is 12.2. The molecule has 0 aromatic carbocycles. The van der Waals surface area contributed by atoms with E-state index in [9.17, 15) is 8.42 Å². The molecule has 126 valence electrons. The molecule has 0 radical (unpaired) electrons. The zero-order valence-corrected chi connectivity index (χ0v) is 14.8. The van der Waals surface area contributed by atoms with Crippen LogP contribution in [-0.4, -0.2) is 41.8 Å². The molecule has 0 spiro atoms. The lowest BCUT2D eigenvalue weighted by atomic mass is 9.98. The molecule has 2 aromatic rings. The van der Waals surface area contributed by atoms with Gasteiger partial charge in [0.15, 0.2) is 0 Å². The Morgan fingerprint density at radius 2 is 2.13 bits per heavy atom. The second kappa shape index (κ2) is 7.11. The van der Waals surface area contributed by atoms with E-state index in [0.717, 1.165) is 31.2 Å². The molecule has 0 bridgehead atoms. The predicted octanol–water partition coefficient (Wildman–Crippen LogP) is 3.11. The van der Waals surface area contributed by atoms with Crippen molar-refractivity contribution in [1.82, 2.24) is 14.5 Å². The number of unbranched alkanes of at least 4 members (excludes halogenated alkanes) is 1. The van der Waals surface area contributed by atoms with Crippen LogP contribution in [-0.2, 0) is 10.0 Å². The van der Waals surface area contributed by atoms with Gasteiger partial charge >= 0.3 is 0 Å². The van der Waals surface area contributed by atoms with Crippen molar-refractivity contribution < 1.29 is 12.8 Å². The molecular formula is C15H21N3O3S2. The Labute approximate surface area is 140 Å². The summed E-state index contributed by atoms with van der Waals surface area (Å²) >= 11 is 1.59. The van der Waals surface area contributed by atoms with E-state index in [0.29, 0.717) is 24.9 Å². The average Bonchev–Trinajstić information content (AvgIpc) is 3.24. The lowest BCUT2D eigenvalue weighted by Gasteiger charge is -2.29. The summed E-state index contributed by atoms with van der Waals surface area (Å²) in [7, 11) is -3.11.